The molecule has 0 bridgehead atoms. The Morgan fingerprint density at radius 3 is 2.89 bits per heavy atom. The number of nitrogens with one attached hydrogen (secondary N) is 1. The van der Waals surface area contributed by atoms with Crippen molar-refractivity contribution in [2.24, 2.45) is 11.7 Å². The van der Waals surface area contributed by atoms with Crippen molar-refractivity contribution in [1.29, 1.82) is 0 Å². The second kappa shape index (κ2) is 5.23. The Balaban J connectivity index is 2.41. The molecule has 1 unspecified atom stereocenters. The third kappa shape index (κ3) is 2.38. The third-order valence-electron chi connectivity index (χ3n) is 3.20. The van der Waals surface area contributed by atoms with Crippen molar-refractivity contribution in [2.45, 2.75) is 20.0 Å². The van der Waals surface area contributed by atoms with Gasteiger partial charge >= 0.3 is 0 Å². The van der Waals surface area contributed by atoms with E-state index in [1.807, 2.05) is 20.2 Å². The highest BCUT2D eigenvalue weighted by molar-refractivity contribution is 5.84. The Bertz CT molecular complexity index is 559. The van der Waals surface area contributed by atoms with Gasteiger partial charge in [-0.3, -0.25) is 4.79 Å². The van der Waals surface area contributed by atoms with Crippen LogP contribution in [0, 0.1) is 5.92 Å². The van der Waals surface area contributed by atoms with Crippen molar-refractivity contribution in [3.63, 3.8) is 0 Å². The van der Waals surface area contributed by atoms with Crippen molar-refractivity contribution in [2.75, 3.05) is 7.05 Å². The quantitative estimate of drug-likeness (QED) is 0.838. The van der Waals surface area contributed by atoms with Crippen molar-refractivity contribution in [1.82, 2.24) is 9.88 Å². The highest BCUT2D eigenvalue weighted by Crippen LogP contribution is 2.21. The van der Waals surface area contributed by atoms with E-state index in [1.54, 1.807) is 0 Å². The molecule has 1 aromatic carbocycles. The monoisotopic (exact) mass is 245 g/mol. The highest BCUT2D eigenvalue weighted by Gasteiger charge is 2.12. The topological polar surface area (TPSA) is 60.1 Å². The van der Waals surface area contributed by atoms with Crippen molar-refractivity contribution in [3.8, 4) is 0 Å². The summed E-state index contributed by atoms with van der Waals surface area (Å²) in [6, 6.07) is 8.31. The van der Waals surface area contributed by atoms with Gasteiger partial charge in [-0.2, -0.15) is 0 Å². The largest absolute Gasteiger partial charge is 0.369 e. The van der Waals surface area contributed by atoms with Crippen LogP contribution in [0.5, 0.6) is 0 Å². The van der Waals surface area contributed by atoms with E-state index in [0.29, 0.717) is 6.54 Å². The normalized spacial score (nSPS) is 12.8. The maximum atomic E-state index is 11.2. The van der Waals surface area contributed by atoms with E-state index < -0.39 is 0 Å². The average Bonchev–Trinajstić information content (AvgIpc) is 2.74. The molecule has 1 atom stereocenters. The van der Waals surface area contributed by atoms with Gasteiger partial charge in [-0.1, -0.05) is 25.1 Å². The second-order valence-corrected chi connectivity index (χ2v) is 4.66. The molecule has 4 heteroatoms. The molecule has 0 saturated carbocycles. The molecule has 0 aliphatic heterocycles. The second-order valence-electron chi connectivity index (χ2n) is 4.66. The summed E-state index contributed by atoms with van der Waals surface area (Å²) in [5.41, 5.74) is 7.74. The molecule has 0 radical (unpaired) electrons. The minimum atomic E-state index is -0.261. The summed E-state index contributed by atoms with van der Waals surface area (Å²) in [6.07, 6.45) is 2.02. The number of fused-ring (bicyclic) bond motifs is 1. The molecule has 96 valence electrons. The van der Waals surface area contributed by atoms with Crippen LogP contribution in [0.2, 0.25) is 0 Å². The van der Waals surface area contributed by atoms with Gasteiger partial charge in [-0.15, -0.1) is 0 Å². The van der Waals surface area contributed by atoms with Crippen molar-refractivity contribution < 1.29 is 4.79 Å². The zero-order valence-corrected chi connectivity index (χ0v) is 10.8. The fourth-order valence-electron chi connectivity index (χ4n) is 2.21. The van der Waals surface area contributed by atoms with Gasteiger partial charge < -0.3 is 15.6 Å². The standard InChI is InChI=1S/C14H19N3O/c1-10(14(15)18)9-17-7-6-11-4-3-5-12(8-16-2)13(11)17/h3-7,10,16H,8-9H2,1-2H3,(H2,15,18). The maximum absolute atomic E-state index is 11.2. The Morgan fingerprint density at radius 2 is 2.22 bits per heavy atom. The summed E-state index contributed by atoms with van der Waals surface area (Å²) >= 11 is 0. The van der Waals surface area contributed by atoms with Crippen LogP contribution >= 0.6 is 0 Å². The fourth-order valence-corrected chi connectivity index (χ4v) is 2.21. The number of hydrogen-bond donors (Lipinski definition) is 2. The summed E-state index contributed by atoms with van der Waals surface area (Å²) in [7, 11) is 1.93. The first-order valence-electron chi connectivity index (χ1n) is 6.14. The van der Waals surface area contributed by atoms with Gasteiger partial charge in [0, 0.05) is 19.3 Å². The van der Waals surface area contributed by atoms with E-state index >= 15 is 0 Å². The fraction of sp³-hybridized carbons (Fsp3) is 0.357. The van der Waals surface area contributed by atoms with Gasteiger partial charge in [0.2, 0.25) is 5.91 Å². The zero-order valence-electron chi connectivity index (χ0n) is 10.8. The summed E-state index contributed by atoms with van der Waals surface area (Å²) in [5, 5.41) is 4.36. The van der Waals surface area contributed by atoms with Crippen LogP contribution in [-0.2, 0) is 17.9 Å². The lowest BCUT2D eigenvalue weighted by atomic mass is 10.1. The summed E-state index contributed by atoms with van der Waals surface area (Å²) < 4.78 is 2.11. The molecular formula is C14H19N3O. The first-order valence-corrected chi connectivity index (χ1v) is 6.14. The van der Waals surface area contributed by atoms with Crippen LogP contribution < -0.4 is 11.1 Å². The van der Waals surface area contributed by atoms with Gasteiger partial charge in [0.25, 0.3) is 0 Å². The third-order valence-corrected chi connectivity index (χ3v) is 3.20. The molecule has 1 amide bonds. The van der Waals surface area contributed by atoms with Crippen LogP contribution in [0.3, 0.4) is 0 Å². The number of nitrogens with zero attached hydrogens (tertiary/aromatic N) is 1. The van der Waals surface area contributed by atoms with Crippen molar-refractivity contribution >= 4 is 16.8 Å². The Kier molecular flexibility index (Phi) is 3.67. The lowest BCUT2D eigenvalue weighted by molar-refractivity contribution is -0.121. The first kappa shape index (κ1) is 12.6. The van der Waals surface area contributed by atoms with Gasteiger partial charge in [-0.25, -0.2) is 0 Å². The molecule has 1 aromatic heterocycles. The lowest BCUT2D eigenvalue weighted by Crippen LogP contribution is -2.24. The predicted octanol–water partition coefficient (Wildman–Crippen LogP) is 1.48. The highest BCUT2D eigenvalue weighted by atomic mass is 16.1. The number of aromatic nitrogens is 1. The number of primary amides is 1. The Hall–Kier alpha value is -1.81. The van der Waals surface area contributed by atoms with Gasteiger partial charge in [0.15, 0.2) is 0 Å². The van der Waals surface area contributed by atoms with E-state index in [-0.39, 0.29) is 11.8 Å². The minimum absolute atomic E-state index is 0.164. The SMILES string of the molecule is CNCc1cccc2ccn(CC(C)C(N)=O)c12. The Morgan fingerprint density at radius 1 is 1.44 bits per heavy atom. The van der Waals surface area contributed by atoms with E-state index in [2.05, 4.69) is 34.1 Å². The van der Waals surface area contributed by atoms with Crippen LogP contribution in [-0.4, -0.2) is 17.5 Å². The van der Waals surface area contributed by atoms with Gasteiger partial charge in [0.1, 0.15) is 0 Å². The van der Waals surface area contributed by atoms with Crippen LogP contribution in [0.15, 0.2) is 30.5 Å². The summed E-state index contributed by atoms with van der Waals surface area (Å²) in [4.78, 5) is 11.2. The molecular weight excluding hydrogens is 226 g/mol. The first-order chi connectivity index (χ1) is 8.63. The zero-order chi connectivity index (χ0) is 13.1. The number of benzene rings is 1. The van der Waals surface area contributed by atoms with Crippen molar-refractivity contribution in [3.05, 3.63) is 36.0 Å². The molecule has 3 N–H and O–H groups in total. The molecule has 0 saturated heterocycles. The molecule has 1 heterocycles. The van der Waals surface area contributed by atoms with E-state index in [9.17, 15) is 4.79 Å². The van der Waals surface area contributed by atoms with Crippen LogP contribution in [0.4, 0.5) is 0 Å². The summed E-state index contributed by atoms with van der Waals surface area (Å²) in [6.45, 7) is 3.29. The van der Waals surface area contributed by atoms with Crippen LogP contribution in [0.25, 0.3) is 10.9 Å². The summed E-state index contributed by atoms with van der Waals surface area (Å²) in [5.74, 6) is -0.425. The molecule has 18 heavy (non-hydrogen) atoms. The number of amides is 1. The minimum Gasteiger partial charge on any atom is -0.369 e. The van der Waals surface area contributed by atoms with Gasteiger partial charge in [0.05, 0.1) is 11.4 Å². The number of carbonyl (C=O) groups excluding carboxylic acids is 1. The molecule has 2 rings (SSSR count). The smallest absolute Gasteiger partial charge is 0.222 e. The van der Waals surface area contributed by atoms with Crippen LogP contribution in [0.1, 0.15) is 12.5 Å². The number of hydrogen-bond acceptors (Lipinski definition) is 2. The van der Waals surface area contributed by atoms with E-state index in [1.165, 1.54) is 16.5 Å². The average molecular weight is 245 g/mol. The maximum Gasteiger partial charge on any atom is 0.222 e. The molecule has 4 nitrogen and oxygen atoms in total. The van der Waals surface area contributed by atoms with Gasteiger partial charge in [-0.05, 0) is 24.1 Å². The molecule has 0 fully saturated rings. The van der Waals surface area contributed by atoms with E-state index in [0.717, 1.165) is 6.54 Å². The molecule has 0 spiro atoms. The predicted molar refractivity (Wildman–Crippen MR) is 73.1 cm³/mol. The molecule has 0 aliphatic rings. The number of nitrogens with two attached hydrogens (primary N) is 1. The number of rotatable bonds is 5. The Labute approximate surface area is 107 Å². The number of para-hydroxylation sites is 1. The molecule has 0 aliphatic carbocycles. The number of carbonyl (C=O) groups is 1. The lowest BCUT2D eigenvalue weighted by Gasteiger charge is -2.12. The molecule has 2 aromatic rings. The van der Waals surface area contributed by atoms with E-state index in [4.69, 9.17) is 5.73 Å².